The second-order valence-corrected chi connectivity index (χ2v) is 14.0. The summed E-state index contributed by atoms with van der Waals surface area (Å²) in [6.45, 7) is 11.5. The van der Waals surface area contributed by atoms with Crippen molar-refractivity contribution in [2.75, 3.05) is 20.2 Å². The van der Waals surface area contributed by atoms with Crippen LogP contribution in [-0.2, 0) is 19.2 Å². The van der Waals surface area contributed by atoms with Gasteiger partial charge in [-0.25, -0.2) is 4.98 Å². The van der Waals surface area contributed by atoms with E-state index < -0.39 is 64.6 Å². The second kappa shape index (κ2) is 16.1. The molecule has 3 N–H and O–H groups in total. The van der Waals surface area contributed by atoms with Gasteiger partial charge in [0.05, 0.1) is 13.2 Å². The Labute approximate surface area is 291 Å². The third-order valence-electron chi connectivity index (χ3n) is 8.75. The van der Waals surface area contributed by atoms with Crippen LogP contribution < -0.4 is 20.7 Å². The van der Waals surface area contributed by atoms with Crippen molar-refractivity contribution in [2.45, 2.75) is 78.9 Å². The Hall–Kier alpha value is -5.07. The number of para-hydroxylation sites is 2. The fourth-order valence-corrected chi connectivity index (χ4v) is 6.03. The number of nitrogens with one attached hydrogen (secondary N) is 3. The molecule has 50 heavy (non-hydrogen) atoms. The smallest absolute Gasteiger partial charge is 0.285 e. The Morgan fingerprint density at radius 1 is 1.06 bits per heavy atom. The number of amides is 4. The lowest BCUT2D eigenvalue weighted by molar-refractivity contribution is -0.144. The number of Topliss-reactive ketones (excluding diaryl/α,β-unsaturated/α-hetero) is 2. The fraction of sp³-hybridized carbons (Fsp3) is 0.486. The van der Waals surface area contributed by atoms with Crippen LogP contribution in [0.25, 0.3) is 11.1 Å². The third kappa shape index (κ3) is 8.93. The van der Waals surface area contributed by atoms with Gasteiger partial charge in [0.25, 0.3) is 17.6 Å². The van der Waals surface area contributed by atoms with Crippen LogP contribution in [0, 0.1) is 17.3 Å². The second-order valence-electron chi connectivity index (χ2n) is 14.0. The average Bonchev–Trinajstić information content (AvgIpc) is 3.70. The number of fused-ring (bicyclic) bond motifs is 1. The number of ketones is 2. The van der Waals surface area contributed by atoms with Crippen LogP contribution in [0.1, 0.15) is 81.8 Å². The van der Waals surface area contributed by atoms with E-state index in [0.29, 0.717) is 35.4 Å². The largest absolute Gasteiger partial charge is 0.497 e. The molecule has 13 heteroatoms. The van der Waals surface area contributed by atoms with E-state index >= 15 is 0 Å². The first-order valence-electron chi connectivity index (χ1n) is 16.9. The predicted octanol–water partition coefficient (Wildman–Crippen LogP) is 3.71. The van der Waals surface area contributed by atoms with Gasteiger partial charge in [-0.3, -0.25) is 28.8 Å². The maximum absolute atomic E-state index is 14.4. The van der Waals surface area contributed by atoms with Gasteiger partial charge < -0.3 is 30.0 Å². The van der Waals surface area contributed by atoms with Gasteiger partial charge >= 0.3 is 0 Å². The van der Waals surface area contributed by atoms with Crippen LogP contribution >= 0.6 is 0 Å². The van der Waals surface area contributed by atoms with Crippen molar-refractivity contribution < 1.29 is 37.9 Å². The molecule has 0 saturated carbocycles. The molecular formula is C37H47N5O8. The highest BCUT2D eigenvalue weighted by Gasteiger charge is 2.42. The van der Waals surface area contributed by atoms with Crippen LogP contribution in [0.3, 0.4) is 0 Å². The molecule has 13 nitrogen and oxygen atoms in total. The van der Waals surface area contributed by atoms with Crippen molar-refractivity contribution >= 4 is 46.3 Å². The van der Waals surface area contributed by atoms with Gasteiger partial charge in [-0.15, -0.1) is 0 Å². The lowest BCUT2D eigenvalue weighted by Crippen LogP contribution is -2.60. The molecule has 268 valence electrons. The van der Waals surface area contributed by atoms with E-state index in [1.807, 2.05) is 34.6 Å². The number of nitrogens with zero attached hydrogens (tertiary/aromatic N) is 2. The van der Waals surface area contributed by atoms with Crippen LogP contribution in [-0.4, -0.2) is 83.4 Å². The number of hydrogen-bond acceptors (Lipinski definition) is 9. The molecule has 0 bridgehead atoms. The van der Waals surface area contributed by atoms with E-state index in [9.17, 15) is 28.8 Å². The fourth-order valence-electron chi connectivity index (χ4n) is 6.03. The Kier molecular flexibility index (Phi) is 12.1. The summed E-state index contributed by atoms with van der Waals surface area (Å²) < 4.78 is 10.8. The summed E-state index contributed by atoms with van der Waals surface area (Å²) in [4.78, 5) is 87.3. The Balaban J connectivity index is 1.63. The maximum Gasteiger partial charge on any atom is 0.285 e. The van der Waals surface area contributed by atoms with Crippen molar-refractivity contribution in [3.8, 4) is 5.75 Å². The number of oxazole rings is 1. The number of carbonyl (C=O) groups excluding carboxylic acids is 6. The van der Waals surface area contributed by atoms with Gasteiger partial charge in [0.15, 0.2) is 5.58 Å². The van der Waals surface area contributed by atoms with Gasteiger partial charge in [0.2, 0.25) is 23.5 Å². The summed E-state index contributed by atoms with van der Waals surface area (Å²) in [5.74, 6) is -4.58. The highest BCUT2D eigenvalue weighted by molar-refractivity contribution is 6.44. The van der Waals surface area contributed by atoms with E-state index in [-0.39, 0.29) is 31.2 Å². The highest BCUT2D eigenvalue weighted by atomic mass is 16.5. The zero-order chi connectivity index (χ0) is 36.7. The molecule has 4 amide bonds. The first-order chi connectivity index (χ1) is 23.6. The van der Waals surface area contributed by atoms with Crippen LogP contribution in [0.4, 0.5) is 0 Å². The zero-order valence-electron chi connectivity index (χ0n) is 29.7. The predicted molar refractivity (Wildman–Crippen MR) is 185 cm³/mol. The molecule has 1 aliphatic heterocycles. The van der Waals surface area contributed by atoms with E-state index in [4.69, 9.17) is 9.15 Å². The van der Waals surface area contributed by atoms with Gasteiger partial charge in [0, 0.05) is 24.6 Å². The molecule has 0 spiro atoms. The number of likely N-dealkylation sites (N-methyl/N-ethyl adjacent to an activating group) is 1. The summed E-state index contributed by atoms with van der Waals surface area (Å²) in [5, 5.41) is 8.32. The van der Waals surface area contributed by atoms with Crippen molar-refractivity contribution in [1.29, 1.82) is 0 Å². The molecule has 3 unspecified atom stereocenters. The molecule has 1 saturated heterocycles. The van der Waals surface area contributed by atoms with Crippen LogP contribution in [0.15, 0.2) is 52.9 Å². The normalized spacial score (nSPS) is 16.3. The number of aromatic nitrogens is 1. The number of hydrogen-bond donors (Lipinski definition) is 3. The molecule has 4 atom stereocenters. The maximum atomic E-state index is 14.4. The number of methoxy groups -OCH3 is 1. The van der Waals surface area contributed by atoms with Crippen molar-refractivity contribution in [1.82, 2.24) is 25.8 Å². The lowest BCUT2D eigenvalue weighted by atomic mass is 9.85. The standard InChI is InChI=1S/C37H47N5O8/c1-8-42(36(48)31(37(4,5)6)41-33(46)22-12-11-13-24(19-22)49-7)27(18-21(2)3)34(47)39-26(20-23-16-17-38-32(23)45)29(43)30(44)35-40-25-14-9-10-15-28(25)50-35/h9-15,19,21,23,26-27,31H,8,16-18,20H2,1-7H3,(H,38,45)(H,39,47)(H,41,46)/t23?,26?,27?,31-/m1/s1. The SMILES string of the molecule is CCN(C(=O)[C@@H](NC(=O)c1cccc(OC)c1)C(C)(C)C)C(CC(C)C)C(=O)NC(CC1CCNC1=O)C(=O)C(=O)c1nc2ccccc2o1. The van der Waals surface area contributed by atoms with Crippen LogP contribution in [0.2, 0.25) is 0 Å². The molecule has 4 rings (SSSR count). The Bertz CT molecular complexity index is 1710. The summed E-state index contributed by atoms with van der Waals surface area (Å²) in [6, 6.07) is 9.72. The summed E-state index contributed by atoms with van der Waals surface area (Å²) in [5.41, 5.74) is 0.241. The summed E-state index contributed by atoms with van der Waals surface area (Å²) in [6.07, 6.45) is 0.513. The van der Waals surface area contributed by atoms with Gasteiger partial charge in [0.1, 0.15) is 23.3 Å². The number of carbonyl (C=O) groups is 6. The highest BCUT2D eigenvalue weighted by Crippen LogP contribution is 2.26. The number of ether oxygens (including phenoxy) is 1. The van der Waals surface area contributed by atoms with Crippen molar-refractivity contribution in [3.05, 3.63) is 60.0 Å². The van der Waals surface area contributed by atoms with Gasteiger partial charge in [-0.2, -0.15) is 0 Å². The lowest BCUT2D eigenvalue weighted by Gasteiger charge is -2.38. The van der Waals surface area contributed by atoms with E-state index in [1.54, 1.807) is 55.5 Å². The van der Waals surface area contributed by atoms with Gasteiger partial charge in [-0.1, -0.05) is 52.8 Å². The van der Waals surface area contributed by atoms with Crippen molar-refractivity contribution in [3.63, 3.8) is 0 Å². The molecule has 3 aromatic rings. The third-order valence-corrected chi connectivity index (χ3v) is 8.75. The molecule has 2 heterocycles. The quantitative estimate of drug-likeness (QED) is 0.159. The van der Waals surface area contributed by atoms with Crippen molar-refractivity contribution in [2.24, 2.45) is 17.3 Å². The number of benzene rings is 2. The van der Waals surface area contributed by atoms with E-state index in [2.05, 4.69) is 20.9 Å². The Morgan fingerprint density at radius 3 is 2.38 bits per heavy atom. The molecule has 2 aromatic carbocycles. The van der Waals surface area contributed by atoms with Crippen LogP contribution in [0.5, 0.6) is 5.75 Å². The molecule has 1 aromatic heterocycles. The first-order valence-corrected chi connectivity index (χ1v) is 16.9. The topological polar surface area (TPSA) is 177 Å². The monoisotopic (exact) mass is 689 g/mol. The minimum Gasteiger partial charge on any atom is -0.497 e. The molecular weight excluding hydrogens is 642 g/mol. The molecule has 1 fully saturated rings. The number of rotatable bonds is 15. The minimum absolute atomic E-state index is 0.0665. The molecule has 0 aliphatic carbocycles. The van der Waals surface area contributed by atoms with Gasteiger partial charge in [-0.05, 0) is 67.9 Å². The van der Waals surface area contributed by atoms with E-state index in [0.717, 1.165) is 0 Å². The van der Waals surface area contributed by atoms with E-state index in [1.165, 1.54) is 12.0 Å². The molecule has 0 radical (unpaired) electrons. The minimum atomic E-state index is -1.39. The average molecular weight is 690 g/mol. The Morgan fingerprint density at radius 2 is 1.78 bits per heavy atom. The first kappa shape index (κ1) is 37.7. The summed E-state index contributed by atoms with van der Waals surface area (Å²) >= 11 is 0. The summed E-state index contributed by atoms with van der Waals surface area (Å²) in [7, 11) is 1.49. The zero-order valence-corrected chi connectivity index (χ0v) is 29.7. The molecule has 1 aliphatic rings.